The number of benzene rings is 3. The van der Waals surface area contributed by atoms with Crippen molar-refractivity contribution in [2.45, 2.75) is 57.6 Å². The summed E-state index contributed by atoms with van der Waals surface area (Å²) in [6, 6.07) is 16.8. The highest BCUT2D eigenvalue weighted by molar-refractivity contribution is 7.92. The van der Waals surface area contributed by atoms with Crippen LogP contribution in [-0.2, 0) is 26.2 Å². The van der Waals surface area contributed by atoms with Crippen LogP contribution >= 0.6 is 23.2 Å². The third kappa shape index (κ3) is 8.38. The van der Waals surface area contributed by atoms with Crippen molar-refractivity contribution in [3.63, 3.8) is 0 Å². The highest BCUT2D eigenvalue weighted by Gasteiger charge is 2.33. The first kappa shape index (κ1) is 32.2. The van der Waals surface area contributed by atoms with Crippen molar-refractivity contribution >= 4 is 50.7 Å². The lowest BCUT2D eigenvalue weighted by molar-refractivity contribution is -0.140. The van der Waals surface area contributed by atoms with Crippen LogP contribution in [0.1, 0.15) is 38.8 Å². The fraction of sp³-hybridized carbons (Fsp3) is 0.333. The molecule has 0 radical (unpaired) electrons. The van der Waals surface area contributed by atoms with Gasteiger partial charge in [0.05, 0.1) is 27.7 Å². The molecule has 3 rings (SSSR count). The molecule has 0 aromatic heterocycles. The number of nitrogens with one attached hydrogen (secondary N) is 1. The quantitative estimate of drug-likeness (QED) is 0.308. The van der Waals surface area contributed by atoms with Gasteiger partial charge in [-0.3, -0.25) is 13.9 Å². The molecule has 0 heterocycles. The van der Waals surface area contributed by atoms with Crippen LogP contribution in [0.5, 0.6) is 5.75 Å². The number of aryl methyl sites for hydroxylation is 1. The molecule has 0 saturated carbocycles. The number of sulfonamides is 1. The Balaban J connectivity index is 2.06. The number of hydrogen-bond donors (Lipinski definition) is 1. The number of ether oxygens (including phenoxy) is 1. The number of amides is 2. The fourth-order valence-corrected chi connectivity index (χ4v) is 5.69. The van der Waals surface area contributed by atoms with Crippen molar-refractivity contribution in [3.05, 3.63) is 87.9 Å². The number of nitrogens with zero attached hydrogens (tertiary/aromatic N) is 2. The van der Waals surface area contributed by atoms with Gasteiger partial charge in [0.25, 0.3) is 10.0 Å². The number of rotatable bonds is 10. The maximum absolute atomic E-state index is 14.0. The topological polar surface area (TPSA) is 96.0 Å². The molecule has 0 spiro atoms. The molecule has 0 aliphatic heterocycles. The lowest BCUT2D eigenvalue weighted by Crippen LogP contribution is -2.54. The lowest BCUT2D eigenvalue weighted by Gasteiger charge is -2.33. The molecule has 41 heavy (non-hydrogen) atoms. The van der Waals surface area contributed by atoms with Crippen molar-refractivity contribution in [1.82, 2.24) is 10.2 Å². The summed E-state index contributed by atoms with van der Waals surface area (Å²) in [7, 11) is -2.67. The molecule has 3 aromatic carbocycles. The molecule has 0 bridgehead atoms. The minimum atomic E-state index is -4.22. The number of halogens is 2. The summed E-state index contributed by atoms with van der Waals surface area (Å²) < 4.78 is 34.0. The molecule has 0 unspecified atom stereocenters. The Bertz CT molecular complexity index is 1490. The molecular formula is C30H35Cl2N3O5S. The SMILES string of the molecule is COc1ccc(CN(C(=O)CN(c2ccc(Cl)c(Cl)c2)S(=O)(=O)c2ccc(C)cc2)[C@@H](C)C(=O)NC(C)(C)C)cc1. The summed E-state index contributed by atoms with van der Waals surface area (Å²) in [6.45, 7) is 8.45. The third-order valence-corrected chi connectivity index (χ3v) is 8.78. The second-order valence-corrected chi connectivity index (χ2v) is 13.4. The Hall–Kier alpha value is -3.27. The smallest absolute Gasteiger partial charge is 0.264 e. The molecule has 11 heteroatoms. The van der Waals surface area contributed by atoms with E-state index in [1.165, 1.54) is 35.2 Å². The second-order valence-electron chi connectivity index (χ2n) is 10.7. The number of hydrogen-bond acceptors (Lipinski definition) is 5. The van der Waals surface area contributed by atoms with Crippen molar-refractivity contribution in [1.29, 1.82) is 0 Å². The van der Waals surface area contributed by atoms with Gasteiger partial charge in [0.2, 0.25) is 11.8 Å². The second kappa shape index (κ2) is 13.1. The summed E-state index contributed by atoms with van der Waals surface area (Å²) >= 11 is 12.4. The summed E-state index contributed by atoms with van der Waals surface area (Å²) in [5.41, 5.74) is 1.23. The van der Waals surface area contributed by atoms with Gasteiger partial charge in [-0.1, -0.05) is 53.0 Å². The van der Waals surface area contributed by atoms with Crippen LogP contribution in [0.25, 0.3) is 0 Å². The molecule has 2 amide bonds. The van der Waals surface area contributed by atoms with E-state index < -0.39 is 34.1 Å². The predicted molar refractivity (Wildman–Crippen MR) is 163 cm³/mol. The van der Waals surface area contributed by atoms with Crippen molar-refractivity contribution in [2.75, 3.05) is 18.0 Å². The standard InChI is InChI=1S/C30H35Cl2N3O5S/c1-20-7-14-25(15-8-20)41(38,39)35(23-11-16-26(31)27(32)17-23)19-28(36)34(21(2)29(37)33-30(3,4)5)18-22-9-12-24(40-6)13-10-22/h7-17,21H,18-19H2,1-6H3,(H,33,37)/t21-/m0/s1. The van der Waals surface area contributed by atoms with Gasteiger partial charge in [0, 0.05) is 12.1 Å². The van der Waals surface area contributed by atoms with Crippen molar-refractivity contribution in [2.24, 2.45) is 0 Å². The first-order valence-electron chi connectivity index (χ1n) is 12.9. The summed E-state index contributed by atoms with van der Waals surface area (Å²) in [5.74, 6) is -0.318. The zero-order chi connectivity index (χ0) is 30.5. The molecule has 3 aromatic rings. The summed E-state index contributed by atoms with van der Waals surface area (Å²) in [5, 5.41) is 3.27. The highest BCUT2D eigenvalue weighted by atomic mass is 35.5. The van der Waals surface area contributed by atoms with E-state index in [-0.39, 0.29) is 33.1 Å². The van der Waals surface area contributed by atoms with Crippen LogP contribution in [0, 0.1) is 6.92 Å². The molecule has 220 valence electrons. The Labute approximate surface area is 252 Å². The van der Waals surface area contributed by atoms with Gasteiger partial charge in [-0.2, -0.15) is 0 Å². The highest BCUT2D eigenvalue weighted by Crippen LogP contribution is 2.31. The van der Waals surface area contributed by atoms with Gasteiger partial charge in [0.15, 0.2) is 0 Å². The van der Waals surface area contributed by atoms with E-state index in [0.29, 0.717) is 5.75 Å². The molecule has 0 aliphatic rings. The zero-order valence-electron chi connectivity index (χ0n) is 23.9. The van der Waals surface area contributed by atoms with Crippen LogP contribution in [0.4, 0.5) is 5.69 Å². The van der Waals surface area contributed by atoms with E-state index in [0.717, 1.165) is 15.4 Å². The lowest BCUT2D eigenvalue weighted by atomic mass is 10.1. The van der Waals surface area contributed by atoms with E-state index in [1.54, 1.807) is 50.4 Å². The summed E-state index contributed by atoms with van der Waals surface area (Å²) in [6.07, 6.45) is 0. The van der Waals surface area contributed by atoms with E-state index in [1.807, 2.05) is 27.7 Å². The van der Waals surface area contributed by atoms with Crippen LogP contribution in [-0.4, -0.2) is 50.4 Å². The number of carbonyl (C=O) groups excluding carboxylic acids is 2. The van der Waals surface area contributed by atoms with Crippen LogP contribution in [0.15, 0.2) is 71.6 Å². The maximum atomic E-state index is 14.0. The minimum absolute atomic E-state index is 0.00204. The van der Waals surface area contributed by atoms with Gasteiger partial charge >= 0.3 is 0 Å². The Morgan fingerprint density at radius 1 is 0.951 bits per heavy atom. The molecule has 1 N–H and O–H groups in total. The Morgan fingerprint density at radius 3 is 2.10 bits per heavy atom. The van der Waals surface area contributed by atoms with Crippen LogP contribution in [0.3, 0.4) is 0 Å². The maximum Gasteiger partial charge on any atom is 0.264 e. The molecule has 0 fully saturated rings. The third-order valence-electron chi connectivity index (χ3n) is 6.26. The average molecular weight is 621 g/mol. The van der Waals surface area contributed by atoms with E-state index >= 15 is 0 Å². The molecular weight excluding hydrogens is 585 g/mol. The number of methoxy groups -OCH3 is 1. The van der Waals surface area contributed by atoms with Crippen molar-refractivity contribution in [3.8, 4) is 5.75 Å². The Kier molecular flexibility index (Phi) is 10.3. The van der Waals surface area contributed by atoms with Crippen LogP contribution in [0.2, 0.25) is 10.0 Å². The summed E-state index contributed by atoms with van der Waals surface area (Å²) in [4.78, 5) is 28.6. The van der Waals surface area contributed by atoms with E-state index in [9.17, 15) is 18.0 Å². The zero-order valence-corrected chi connectivity index (χ0v) is 26.3. The molecule has 0 saturated heterocycles. The predicted octanol–water partition coefficient (Wildman–Crippen LogP) is 5.84. The average Bonchev–Trinajstić information content (AvgIpc) is 2.91. The van der Waals surface area contributed by atoms with Crippen LogP contribution < -0.4 is 14.4 Å². The van der Waals surface area contributed by atoms with Gasteiger partial charge < -0.3 is 15.0 Å². The van der Waals surface area contributed by atoms with Gasteiger partial charge in [-0.25, -0.2) is 8.42 Å². The monoisotopic (exact) mass is 619 g/mol. The van der Waals surface area contributed by atoms with Crippen molar-refractivity contribution < 1.29 is 22.7 Å². The normalized spacial score (nSPS) is 12.4. The van der Waals surface area contributed by atoms with Gasteiger partial charge in [-0.15, -0.1) is 0 Å². The first-order chi connectivity index (χ1) is 19.1. The number of carbonyl (C=O) groups is 2. The largest absolute Gasteiger partial charge is 0.497 e. The Morgan fingerprint density at radius 2 is 1.56 bits per heavy atom. The van der Waals surface area contributed by atoms with Gasteiger partial charge in [0.1, 0.15) is 18.3 Å². The molecule has 0 aliphatic carbocycles. The molecule has 1 atom stereocenters. The van der Waals surface area contributed by atoms with Gasteiger partial charge in [-0.05, 0) is 82.6 Å². The fourth-order valence-electron chi connectivity index (χ4n) is 3.99. The van der Waals surface area contributed by atoms with E-state index in [2.05, 4.69) is 5.32 Å². The number of anilines is 1. The minimum Gasteiger partial charge on any atom is -0.497 e. The van der Waals surface area contributed by atoms with E-state index in [4.69, 9.17) is 27.9 Å². The molecule has 8 nitrogen and oxygen atoms in total. The first-order valence-corrected chi connectivity index (χ1v) is 15.1.